The van der Waals surface area contributed by atoms with Gasteiger partial charge in [0.05, 0.1) is 23.6 Å². The molecule has 0 bridgehead atoms. The Kier molecular flexibility index (Phi) is 7.67. The maximum atomic E-state index is 12.0. The largest absolute Gasteiger partial charge is 0.444 e. The Morgan fingerprint density at radius 3 is 2.70 bits per heavy atom. The van der Waals surface area contributed by atoms with Crippen molar-refractivity contribution in [1.29, 1.82) is 0 Å². The molecule has 2 saturated heterocycles. The van der Waals surface area contributed by atoms with Gasteiger partial charge in [0.2, 0.25) is 0 Å². The van der Waals surface area contributed by atoms with Crippen molar-refractivity contribution in [2.45, 2.75) is 64.7 Å². The van der Waals surface area contributed by atoms with E-state index in [1.54, 1.807) is 0 Å². The van der Waals surface area contributed by atoms with Gasteiger partial charge in [0.1, 0.15) is 15.9 Å². The van der Waals surface area contributed by atoms with Gasteiger partial charge in [-0.1, -0.05) is 0 Å². The number of alkyl carbamates (subject to hydrolysis) is 1. The van der Waals surface area contributed by atoms with E-state index in [-0.39, 0.29) is 12.3 Å². The lowest BCUT2D eigenvalue weighted by molar-refractivity contribution is -0.0365. The lowest BCUT2D eigenvalue weighted by Crippen LogP contribution is -2.40. The summed E-state index contributed by atoms with van der Waals surface area (Å²) in [6.07, 6.45) is 10.4. The topological polar surface area (TPSA) is 94.4 Å². The Labute approximate surface area is 226 Å². The number of ether oxygens (including phenoxy) is 2. The van der Waals surface area contributed by atoms with Crippen LogP contribution in [0.4, 0.5) is 10.5 Å². The van der Waals surface area contributed by atoms with Crippen molar-refractivity contribution in [3.8, 4) is 11.3 Å². The summed E-state index contributed by atoms with van der Waals surface area (Å²) in [5, 5.41) is 8.96. The molecule has 1 N–H and O–H groups in total. The number of pyridine rings is 2. The van der Waals surface area contributed by atoms with Crippen molar-refractivity contribution < 1.29 is 14.3 Å². The minimum atomic E-state index is -0.483. The molecule has 5 rings (SSSR count). The van der Waals surface area contributed by atoms with Crippen LogP contribution in [-0.2, 0) is 9.47 Å². The number of amides is 1. The number of piperidine rings is 1. The monoisotopic (exact) mass is 570 g/mol. The molecule has 0 radical (unpaired) electrons. The van der Waals surface area contributed by atoms with Gasteiger partial charge in [0, 0.05) is 43.4 Å². The summed E-state index contributed by atoms with van der Waals surface area (Å²) in [5.74, 6) is 0.430. The van der Waals surface area contributed by atoms with Crippen LogP contribution in [0.2, 0.25) is 0 Å². The number of carbonyl (C=O) groups is 1. The standard InChI is InChI=1S/C27H35BrN6O3/c1-27(2,3)37-26(35)31-14-18-7-9-33(10-8-18)20-12-19(15-29-16-20)25-21-13-23(28)30-17-22(21)34(32-25)24-6-4-5-11-36-24/h12-13,15-18,24H,4-11,14H2,1-3H3,(H,31,35). The van der Waals surface area contributed by atoms with Gasteiger partial charge >= 0.3 is 6.09 Å². The highest BCUT2D eigenvalue weighted by Crippen LogP contribution is 2.35. The second-order valence-electron chi connectivity index (χ2n) is 10.9. The fourth-order valence-corrected chi connectivity index (χ4v) is 5.36. The van der Waals surface area contributed by atoms with E-state index in [0.717, 1.165) is 84.3 Å². The number of rotatable bonds is 5. The molecule has 37 heavy (non-hydrogen) atoms. The van der Waals surface area contributed by atoms with Crippen LogP contribution >= 0.6 is 15.9 Å². The molecular weight excluding hydrogens is 536 g/mol. The number of hydrogen-bond acceptors (Lipinski definition) is 7. The van der Waals surface area contributed by atoms with Crippen molar-refractivity contribution in [1.82, 2.24) is 25.1 Å². The van der Waals surface area contributed by atoms with Crippen LogP contribution in [0.25, 0.3) is 22.2 Å². The minimum Gasteiger partial charge on any atom is -0.444 e. The number of aromatic nitrogens is 4. The normalized spacial score (nSPS) is 19.2. The number of halogens is 1. The van der Waals surface area contributed by atoms with Crippen molar-refractivity contribution in [3.05, 3.63) is 35.3 Å². The Balaban J connectivity index is 1.30. The van der Waals surface area contributed by atoms with Crippen molar-refractivity contribution in [2.24, 2.45) is 5.92 Å². The van der Waals surface area contributed by atoms with E-state index in [4.69, 9.17) is 14.6 Å². The highest BCUT2D eigenvalue weighted by atomic mass is 79.9. The molecule has 3 aromatic rings. The second kappa shape index (κ2) is 10.9. The highest BCUT2D eigenvalue weighted by molar-refractivity contribution is 9.10. The van der Waals surface area contributed by atoms with Crippen LogP contribution in [0.5, 0.6) is 0 Å². The van der Waals surface area contributed by atoms with E-state index in [9.17, 15) is 4.79 Å². The lowest BCUT2D eigenvalue weighted by Gasteiger charge is -2.33. The summed E-state index contributed by atoms with van der Waals surface area (Å²) in [5.41, 5.74) is 3.43. The third-order valence-corrected chi connectivity index (χ3v) is 7.33. The summed E-state index contributed by atoms with van der Waals surface area (Å²) in [6.45, 7) is 8.83. The van der Waals surface area contributed by atoms with E-state index in [0.29, 0.717) is 12.5 Å². The van der Waals surface area contributed by atoms with Gasteiger partial charge in [-0.25, -0.2) is 14.5 Å². The van der Waals surface area contributed by atoms with E-state index in [2.05, 4.69) is 42.2 Å². The van der Waals surface area contributed by atoms with Gasteiger partial charge in [0.15, 0.2) is 6.23 Å². The quantitative estimate of drug-likeness (QED) is 0.393. The molecule has 1 unspecified atom stereocenters. The molecule has 0 aliphatic carbocycles. The van der Waals surface area contributed by atoms with Crippen LogP contribution in [-0.4, -0.2) is 57.7 Å². The zero-order valence-corrected chi connectivity index (χ0v) is 23.3. The molecule has 2 aliphatic heterocycles. The Bertz CT molecular complexity index is 1240. The fourth-order valence-electron chi connectivity index (χ4n) is 5.03. The number of nitrogens with one attached hydrogen (secondary N) is 1. The average Bonchev–Trinajstić information content (AvgIpc) is 3.26. The highest BCUT2D eigenvalue weighted by Gasteiger charge is 2.25. The second-order valence-corrected chi connectivity index (χ2v) is 11.7. The Morgan fingerprint density at radius 2 is 1.97 bits per heavy atom. The molecule has 9 nitrogen and oxygen atoms in total. The first kappa shape index (κ1) is 25.9. The number of hydrogen-bond donors (Lipinski definition) is 1. The maximum Gasteiger partial charge on any atom is 0.407 e. The third-order valence-electron chi connectivity index (χ3n) is 6.90. The third kappa shape index (κ3) is 6.23. The first-order chi connectivity index (χ1) is 17.8. The van der Waals surface area contributed by atoms with Gasteiger partial charge in [-0.3, -0.25) is 4.98 Å². The molecule has 10 heteroatoms. The van der Waals surface area contributed by atoms with Gasteiger partial charge in [0.25, 0.3) is 0 Å². The number of carbonyl (C=O) groups excluding carboxylic acids is 1. The summed E-state index contributed by atoms with van der Waals surface area (Å²) in [6, 6.07) is 4.20. The van der Waals surface area contributed by atoms with E-state index in [1.807, 2.05) is 50.1 Å². The van der Waals surface area contributed by atoms with Crippen molar-refractivity contribution in [2.75, 3.05) is 31.1 Å². The zero-order chi connectivity index (χ0) is 26.0. The minimum absolute atomic E-state index is 0.0718. The predicted molar refractivity (Wildman–Crippen MR) is 146 cm³/mol. The first-order valence-corrected chi connectivity index (χ1v) is 13.9. The molecule has 0 spiro atoms. The summed E-state index contributed by atoms with van der Waals surface area (Å²) >= 11 is 3.53. The fraction of sp³-hybridized carbons (Fsp3) is 0.556. The number of nitrogens with zero attached hydrogens (tertiary/aromatic N) is 5. The van der Waals surface area contributed by atoms with Gasteiger partial charge in [-0.2, -0.15) is 5.10 Å². The van der Waals surface area contributed by atoms with Gasteiger partial charge in [-0.15, -0.1) is 0 Å². The zero-order valence-electron chi connectivity index (χ0n) is 21.7. The number of anilines is 1. The molecule has 0 aromatic carbocycles. The first-order valence-electron chi connectivity index (χ1n) is 13.1. The smallest absolute Gasteiger partial charge is 0.407 e. The van der Waals surface area contributed by atoms with Crippen molar-refractivity contribution >= 4 is 38.6 Å². The average molecular weight is 572 g/mol. The Morgan fingerprint density at radius 1 is 1.16 bits per heavy atom. The molecule has 1 atom stereocenters. The molecule has 1 amide bonds. The Hall–Kier alpha value is -2.72. The van der Waals surface area contributed by atoms with Crippen LogP contribution in [0.3, 0.4) is 0 Å². The SMILES string of the molecule is CC(C)(C)OC(=O)NCC1CCN(c2cncc(-c3nn(C4CCCCO4)c4cnc(Br)cc34)c2)CC1. The van der Waals surface area contributed by atoms with Crippen LogP contribution in [0.15, 0.2) is 35.3 Å². The van der Waals surface area contributed by atoms with Crippen LogP contribution < -0.4 is 10.2 Å². The lowest BCUT2D eigenvalue weighted by atomic mass is 9.96. The predicted octanol–water partition coefficient (Wildman–Crippen LogP) is 5.70. The van der Waals surface area contributed by atoms with Crippen LogP contribution in [0, 0.1) is 5.92 Å². The maximum absolute atomic E-state index is 12.0. The van der Waals surface area contributed by atoms with E-state index >= 15 is 0 Å². The molecule has 2 aliphatic rings. The summed E-state index contributed by atoms with van der Waals surface area (Å²) in [4.78, 5) is 23.4. The summed E-state index contributed by atoms with van der Waals surface area (Å²) in [7, 11) is 0. The van der Waals surface area contributed by atoms with Crippen molar-refractivity contribution in [3.63, 3.8) is 0 Å². The summed E-state index contributed by atoms with van der Waals surface area (Å²) < 4.78 is 14.2. The molecule has 198 valence electrons. The van der Waals surface area contributed by atoms with E-state index in [1.165, 1.54) is 0 Å². The van der Waals surface area contributed by atoms with Crippen LogP contribution in [0.1, 0.15) is 59.1 Å². The number of fused-ring (bicyclic) bond motifs is 1. The molecule has 0 saturated carbocycles. The van der Waals surface area contributed by atoms with Gasteiger partial charge in [-0.05, 0) is 86.9 Å². The van der Waals surface area contributed by atoms with Gasteiger partial charge < -0.3 is 19.7 Å². The molecule has 5 heterocycles. The molecule has 2 fully saturated rings. The molecular formula is C27H35BrN6O3. The molecule has 3 aromatic heterocycles. The van der Waals surface area contributed by atoms with E-state index < -0.39 is 5.60 Å².